The summed E-state index contributed by atoms with van der Waals surface area (Å²) in [5, 5.41) is 3.76. The van der Waals surface area contributed by atoms with Crippen LogP contribution < -0.4 is 5.32 Å². The van der Waals surface area contributed by atoms with Gasteiger partial charge in [0, 0.05) is 25.2 Å². The molecule has 2 aliphatic rings. The molecule has 0 aromatic heterocycles. The highest BCUT2D eigenvalue weighted by Crippen LogP contribution is 2.26. The minimum atomic E-state index is 0.643. The number of fused-ring (bicyclic) bond motifs is 2. The second kappa shape index (κ2) is 4.81. The molecule has 0 amide bonds. The molecule has 4 unspecified atom stereocenters. The molecule has 0 aromatic rings. The third-order valence-corrected chi connectivity index (χ3v) is 4.19. The van der Waals surface area contributed by atoms with Gasteiger partial charge in [-0.1, -0.05) is 0 Å². The van der Waals surface area contributed by atoms with E-state index in [4.69, 9.17) is 0 Å². The summed E-state index contributed by atoms with van der Waals surface area (Å²) in [6.45, 7) is 7.41. The summed E-state index contributed by atoms with van der Waals surface area (Å²) in [5.74, 6) is 0.924. The van der Waals surface area contributed by atoms with Crippen molar-refractivity contribution in [3.8, 4) is 0 Å². The Morgan fingerprint density at radius 1 is 1.33 bits per heavy atom. The highest BCUT2D eigenvalue weighted by Gasteiger charge is 2.33. The molecule has 0 radical (unpaired) electrons. The summed E-state index contributed by atoms with van der Waals surface area (Å²) < 4.78 is 0. The first-order valence-electron chi connectivity index (χ1n) is 6.29. The van der Waals surface area contributed by atoms with Gasteiger partial charge in [-0.25, -0.2) is 0 Å². The van der Waals surface area contributed by atoms with Crippen molar-refractivity contribution in [3.05, 3.63) is 0 Å². The van der Waals surface area contributed by atoms with Gasteiger partial charge in [0.1, 0.15) is 0 Å². The van der Waals surface area contributed by atoms with Crippen LogP contribution in [0.4, 0.5) is 0 Å². The molecule has 4 atom stereocenters. The van der Waals surface area contributed by atoms with Crippen LogP contribution in [0.25, 0.3) is 0 Å². The number of rotatable bonds is 4. The molecule has 2 bridgehead atoms. The van der Waals surface area contributed by atoms with Gasteiger partial charge in [-0.3, -0.25) is 0 Å². The largest absolute Gasteiger partial charge is 0.312 e. The van der Waals surface area contributed by atoms with E-state index < -0.39 is 0 Å². The van der Waals surface area contributed by atoms with E-state index in [1.165, 1.54) is 32.5 Å². The Hall–Kier alpha value is -0.120. The average Bonchev–Trinajstić information content (AvgIpc) is 2.59. The van der Waals surface area contributed by atoms with Crippen molar-refractivity contribution in [2.24, 2.45) is 5.92 Å². The molecule has 1 N–H and O–H groups in total. The van der Waals surface area contributed by atoms with Crippen LogP contribution in [0.1, 0.15) is 19.8 Å². The molecule has 2 rings (SSSR count). The fourth-order valence-corrected chi connectivity index (χ4v) is 2.72. The van der Waals surface area contributed by atoms with Gasteiger partial charge < -0.3 is 15.1 Å². The van der Waals surface area contributed by atoms with Crippen LogP contribution in [-0.2, 0) is 0 Å². The molecule has 15 heavy (non-hydrogen) atoms. The molecule has 3 nitrogen and oxygen atoms in total. The van der Waals surface area contributed by atoms with Crippen molar-refractivity contribution in [3.63, 3.8) is 0 Å². The number of nitrogens with one attached hydrogen (secondary N) is 1. The maximum atomic E-state index is 3.76. The second-order valence-electron chi connectivity index (χ2n) is 5.47. The summed E-state index contributed by atoms with van der Waals surface area (Å²) in [6, 6.07) is 1.43. The first-order valence-corrected chi connectivity index (χ1v) is 6.29. The predicted molar refractivity (Wildman–Crippen MR) is 64.1 cm³/mol. The zero-order valence-corrected chi connectivity index (χ0v) is 10.4. The summed E-state index contributed by atoms with van der Waals surface area (Å²) in [7, 11) is 4.31. The van der Waals surface area contributed by atoms with Crippen molar-refractivity contribution in [2.45, 2.75) is 31.8 Å². The molecular weight excluding hydrogens is 186 g/mol. The topological polar surface area (TPSA) is 18.5 Å². The standard InChI is InChI=1S/C12H25N3/c1-10(14(2)3)8-13-12-5-7-15-6-4-11(12)9-15/h10-13H,4-9H2,1-3H3. The highest BCUT2D eigenvalue weighted by molar-refractivity contribution is 4.91. The average molecular weight is 211 g/mol. The molecule has 0 aromatic carbocycles. The molecular formula is C12H25N3. The fraction of sp³-hybridized carbons (Fsp3) is 1.00. The lowest BCUT2D eigenvalue weighted by atomic mass is 9.94. The molecule has 2 heterocycles. The molecule has 2 saturated heterocycles. The number of hydrogen-bond donors (Lipinski definition) is 1. The van der Waals surface area contributed by atoms with Gasteiger partial charge in [0.15, 0.2) is 0 Å². The van der Waals surface area contributed by atoms with Crippen LogP contribution in [0.15, 0.2) is 0 Å². The Morgan fingerprint density at radius 2 is 2.07 bits per heavy atom. The van der Waals surface area contributed by atoms with E-state index in [-0.39, 0.29) is 0 Å². The van der Waals surface area contributed by atoms with Gasteiger partial charge in [0.2, 0.25) is 0 Å². The Balaban J connectivity index is 1.75. The molecule has 2 fully saturated rings. The van der Waals surface area contributed by atoms with E-state index in [0.717, 1.165) is 18.5 Å². The van der Waals surface area contributed by atoms with Crippen molar-refractivity contribution in [1.29, 1.82) is 0 Å². The minimum Gasteiger partial charge on any atom is -0.312 e. The van der Waals surface area contributed by atoms with E-state index in [2.05, 4.69) is 36.1 Å². The first kappa shape index (κ1) is 11.4. The van der Waals surface area contributed by atoms with Gasteiger partial charge >= 0.3 is 0 Å². The highest BCUT2D eigenvalue weighted by atomic mass is 15.2. The number of likely N-dealkylation sites (N-methyl/N-ethyl adjacent to an activating group) is 1. The monoisotopic (exact) mass is 211 g/mol. The van der Waals surface area contributed by atoms with Gasteiger partial charge in [0.05, 0.1) is 0 Å². The zero-order valence-electron chi connectivity index (χ0n) is 10.4. The van der Waals surface area contributed by atoms with Crippen LogP contribution in [0.5, 0.6) is 0 Å². The lowest BCUT2D eigenvalue weighted by molar-refractivity contribution is 0.207. The molecule has 2 aliphatic heterocycles. The van der Waals surface area contributed by atoms with Crippen LogP contribution >= 0.6 is 0 Å². The molecule has 0 aliphatic carbocycles. The Labute approximate surface area is 93.8 Å². The van der Waals surface area contributed by atoms with Crippen molar-refractivity contribution in [2.75, 3.05) is 40.3 Å². The van der Waals surface area contributed by atoms with Crippen molar-refractivity contribution in [1.82, 2.24) is 15.1 Å². The normalized spacial score (nSPS) is 37.2. The van der Waals surface area contributed by atoms with E-state index in [0.29, 0.717) is 6.04 Å². The predicted octanol–water partition coefficient (Wildman–Crippen LogP) is 0.620. The summed E-state index contributed by atoms with van der Waals surface area (Å²) in [4.78, 5) is 4.90. The summed E-state index contributed by atoms with van der Waals surface area (Å²) in [6.07, 6.45) is 2.76. The Kier molecular flexibility index (Phi) is 3.65. The Morgan fingerprint density at radius 3 is 2.80 bits per heavy atom. The number of hydrogen-bond acceptors (Lipinski definition) is 3. The second-order valence-corrected chi connectivity index (χ2v) is 5.47. The van der Waals surface area contributed by atoms with E-state index >= 15 is 0 Å². The SMILES string of the molecule is CC(CNC1CCN2CCC1C2)N(C)C. The third kappa shape index (κ3) is 2.71. The Bertz CT molecular complexity index is 205. The lowest BCUT2D eigenvalue weighted by Crippen LogP contribution is -2.47. The fourth-order valence-electron chi connectivity index (χ4n) is 2.72. The summed E-state index contributed by atoms with van der Waals surface area (Å²) in [5.41, 5.74) is 0. The van der Waals surface area contributed by atoms with Gasteiger partial charge in [0.25, 0.3) is 0 Å². The van der Waals surface area contributed by atoms with Gasteiger partial charge in [-0.2, -0.15) is 0 Å². The summed E-state index contributed by atoms with van der Waals surface area (Å²) >= 11 is 0. The van der Waals surface area contributed by atoms with Gasteiger partial charge in [-0.15, -0.1) is 0 Å². The number of nitrogens with zero attached hydrogens (tertiary/aromatic N) is 2. The minimum absolute atomic E-state index is 0.643. The van der Waals surface area contributed by atoms with Crippen molar-refractivity contribution >= 4 is 0 Å². The van der Waals surface area contributed by atoms with E-state index in [1.807, 2.05) is 0 Å². The maximum absolute atomic E-state index is 3.76. The van der Waals surface area contributed by atoms with Crippen LogP contribution in [0.3, 0.4) is 0 Å². The molecule has 88 valence electrons. The molecule has 3 heteroatoms. The molecule has 0 spiro atoms. The lowest BCUT2D eigenvalue weighted by Gasteiger charge is -2.32. The zero-order chi connectivity index (χ0) is 10.8. The smallest absolute Gasteiger partial charge is 0.0186 e. The van der Waals surface area contributed by atoms with Crippen LogP contribution in [0.2, 0.25) is 0 Å². The first-order chi connectivity index (χ1) is 7.16. The van der Waals surface area contributed by atoms with Crippen LogP contribution in [0, 0.1) is 5.92 Å². The quantitative estimate of drug-likeness (QED) is 0.735. The maximum Gasteiger partial charge on any atom is 0.0186 e. The van der Waals surface area contributed by atoms with Gasteiger partial charge in [-0.05, 0) is 52.9 Å². The van der Waals surface area contributed by atoms with E-state index in [1.54, 1.807) is 0 Å². The third-order valence-electron chi connectivity index (χ3n) is 4.19. The van der Waals surface area contributed by atoms with E-state index in [9.17, 15) is 0 Å². The molecule has 0 saturated carbocycles. The van der Waals surface area contributed by atoms with Crippen LogP contribution in [-0.4, -0.2) is 62.2 Å². The number of piperidine rings is 1. The van der Waals surface area contributed by atoms with Crippen molar-refractivity contribution < 1.29 is 0 Å².